The highest BCUT2D eigenvalue weighted by Crippen LogP contribution is 2.34. The SMILES string of the molecule is C[C@H](NC(=O)c1c(CN2CCN(C(=O)OC(C)(C)C)CC2)c(-c2cccs2)nc2ccccc12)C1CCCCC1. The van der Waals surface area contributed by atoms with Crippen molar-refractivity contribution >= 4 is 34.2 Å². The molecule has 1 aromatic carbocycles. The highest BCUT2D eigenvalue weighted by molar-refractivity contribution is 7.13. The number of hydrogen-bond donors (Lipinski definition) is 1. The van der Waals surface area contributed by atoms with E-state index in [0.717, 1.165) is 32.6 Å². The molecule has 1 saturated heterocycles. The molecule has 2 aromatic heterocycles. The van der Waals surface area contributed by atoms with Gasteiger partial charge in [0.15, 0.2) is 0 Å². The third kappa shape index (κ3) is 6.66. The Bertz CT molecular complexity index is 1320. The first-order valence-electron chi connectivity index (χ1n) is 14.7. The summed E-state index contributed by atoms with van der Waals surface area (Å²) in [7, 11) is 0. The minimum absolute atomic E-state index is 0.0168. The van der Waals surface area contributed by atoms with Gasteiger partial charge in [0.2, 0.25) is 0 Å². The van der Waals surface area contributed by atoms with Gasteiger partial charge < -0.3 is 15.0 Å². The average Bonchev–Trinajstić information content (AvgIpc) is 3.47. The number of benzene rings is 1. The number of carbonyl (C=O) groups excluding carboxylic acids is 2. The lowest BCUT2D eigenvalue weighted by molar-refractivity contribution is 0.0139. The molecular formula is C32H42N4O3S. The maximum Gasteiger partial charge on any atom is 0.410 e. The van der Waals surface area contributed by atoms with Crippen molar-refractivity contribution in [2.24, 2.45) is 5.92 Å². The first kappa shape index (κ1) is 28.6. The van der Waals surface area contributed by atoms with E-state index in [1.165, 1.54) is 32.1 Å². The third-order valence-electron chi connectivity index (χ3n) is 8.10. The predicted octanol–water partition coefficient (Wildman–Crippen LogP) is 6.71. The van der Waals surface area contributed by atoms with E-state index in [1.807, 2.05) is 51.1 Å². The maximum atomic E-state index is 14.1. The van der Waals surface area contributed by atoms with Crippen LogP contribution in [0.3, 0.4) is 0 Å². The second-order valence-corrected chi connectivity index (χ2v) is 13.2. The molecule has 3 aromatic rings. The van der Waals surface area contributed by atoms with Gasteiger partial charge >= 0.3 is 6.09 Å². The number of fused-ring (bicyclic) bond motifs is 1. The Morgan fingerprint density at radius 2 is 1.77 bits per heavy atom. The van der Waals surface area contributed by atoms with Crippen molar-refractivity contribution in [3.05, 3.63) is 52.9 Å². The number of amides is 2. The fourth-order valence-corrected chi connectivity index (χ4v) is 6.69. The summed E-state index contributed by atoms with van der Waals surface area (Å²) in [6, 6.07) is 12.2. The van der Waals surface area contributed by atoms with Crippen LogP contribution in [0.2, 0.25) is 0 Å². The summed E-state index contributed by atoms with van der Waals surface area (Å²) in [5.41, 5.74) is 2.88. The zero-order valence-corrected chi connectivity index (χ0v) is 25.1. The van der Waals surface area contributed by atoms with Crippen LogP contribution in [0.5, 0.6) is 0 Å². The van der Waals surface area contributed by atoms with E-state index >= 15 is 0 Å². The van der Waals surface area contributed by atoms with E-state index in [2.05, 4.69) is 28.6 Å². The Balaban J connectivity index is 1.45. The van der Waals surface area contributed by atoms with E-state index in [9.17, 15) is 9.59 Å². The number of pyridine rings is 1. The van der Waals surface area contributed by atoms with Crippen molar-refractivity contribution in [1.82, 2.24) is 20.1 Å². The van der Waals surface area contributed by atoms with Crippen molar-refractivity contribution in [2.75, 3.05) is 26.2 Å². The standard InChI is InChI=1S/C32H42N4O3S/c1-22(23-11-6-5-7-12-23)33-30(37)28-24-13-8-9-14-26(24)34-29(27-15-10-20-40-27)25(28)21-35-16-18-36(19-17-35)31(38)39-32(2,3)4/h8-10,13-15,20,22-23H,5-7,11-12,16-19,21H2,1-4H3,(H,33,37)/t22-/m0/s1. The van der Waals surface area contributed by atoms with Crippen LogP contribution in [0.25, 0.3) is 21.5 Å². The van der Waals surface area contributed by atoms with Crippen LogP contribution in [0.15, 0.2) is 41.8 Å². The minimum Gasteiger partial charge on any atom is -0.444 e. The lowest BCUT2D eigenvalue weighted by atomic mass is 9.84. The summed E-state index contributed by atoms with van der Waals surface area (Å²) in [6.45, 7) is 11.0. The highest BCUT2D eigenvalue weighted by atomic mass is 32.1. The van der Waals surface area contributed by atoms with Gasteiger partial charge in [0.05, 0.1) is 21.7 Å². The van der Waals surface area contributed by atoms with Gasteiger partial charge in [-0.3, -0.25) is 9.69 Å². The molecule has 2 fully saturated rings. The number of para-hydroxylation sites is 1. The smallest absolute Gasteiger partial charge is 0.410 e. The van der Waals surface area contributed by atoms with Crippen LogP contribution in [0.4, 0.5) is 4.79 Å². The van der Waals surface area contributed by atoms with Crippen LogP contribution >= 0.6 is 11.3 Å². The molecule has 0 spiro atoms. The normalized spacial score (nSPS) is 18.1. The molecule has 1 aliphatic carbocycles. The zero-order chi connectivity index (χ0) is 28.3. The van der Waals surface area contributed by atoms with E-state index in [4.69, 9.17) is 9.72 Å². The molecule has 3 heterocycles. The lowest BCUT2D eigenvalue weighted by Crippen LogP contribution is -2.49. The van der Waals surface area contributed by atoms with Crippen molar-refractivity contribution < 1.29 is 14.3 Å². The Morgan fingerprint density at radius 3 is 2.45 bits per heavy atom. The van der Waals surface area contributed by atoms with Crippen LogP contribution in [-0.4, -0.2) is 64.6 Å². The number of nitrogens with zero attached hydrogens (tertiary/aromatic N) is 3. The molecule has 7 nitrogen and oxygen atoms in total. The monoisotopic (exact) mass is 562 g/mol. The number of ether oxygens (including phenoxy) is 1. The van der Waals surface area contributed by atoms with E-state index in [1.54, 1.807) is 16.2 Å². The lowest BCUT2D eigenvalue weighted by Gasteiger charge is -2.36. The van der Waals surface area contributed by atoms with Crippen LogP contribution < -0.4 is 5.32 Å². The summed E-state index contributed by atoms with van der Waals surface area (Å²) < 4.78 is 5.59. The van der Waals surface area contributed by atoms with Gasteiger partial charge in [-0.1, -0.05) is 43.5 Å². The Labute approximate surface area is 241 Å². The number of nitrogens with one attached hydrogen (secondary N) is 1. The van der Waals surface area contributed by atoms with Crippen molar-refractivity contribution in [2.45, 2.75) is 78.0 Å². The fourth-order valence-electron chi connectivity index (χ4n) is 5.95. The number of piperazine rings is 1. The van der Waals surface area contributed by atoms with E-state index in [0.29, 0.717) is 38.6 Å². The second-order valence-electron chi connectivity index (χ2n) is 12.2. The second kappa shape index (κ2) is 12.3. The molecule has 1 atom stereocenters. The molecule has 0 unspecified atom stereocenters. The van der Waals surface area contributed by atoms with Crippen molar-refractivity contribution in [3.8, 4) is 10.6 Å². The highest BCUT2D eigenvalue weighted by Gasteiger charge is 2.30. The van der Waals surface area contributed by atoms with Gasteiger partial charge in [-0.05, 0) is 64.0 Å². The molecule has 214 valence electrons. The topological polar surface area (TPSA) is 74.8 Å². The molecule has 1 saturated carbocycles. The summed E-state index contributed by atoms with van der Waals surface area (Å²) in [5.74, 6) is 0.504. The molecule has 2 amide bonds. The fraction of sp³-hybridized carbons (Fsp3) is 0.531. The number of thiophene rings is 1. The zero-order valence-electron chi connectivity index (χ0n) is 24.2. The maximum absolute atomic E-state index is 14.1. The number of hydrogen-bond acceptors (Lipinski definition) is 6. The molecule has 0 bridgehead atoms. The summed E-state index contributed by atoms with van der Waals surface area (Å²) in [4.78, 5) is 37.0. The Hall–Kier alpha value is -2.97. The summed E-state index contributed by atoms with van der Waals surface area (Å²) in [6.07, 6.45) is 5.86. The number of rotatable bonds is 6. The van der Waals surface area contributed by atoms with Crippen LogP contribution in [0.1, 0.15) is 75.7 Å². The number of carbonyl (C=O) groups is 2. The first-order chi connectivity index (χ1) is 19.2. The molecule has 40 heavy (non-hydrogen) atoms. The molecular weight excluding hydrogens is 520 g/mol. The quantitative estimate of drug-likeness (QED) is 0.361. The Morgan fingerprint density at radius 1 is 1.05 bits per heavy atom. The van der Waals surface area contributed by atoms with Crippen LogP contribution in [-0.2, 0) is 11.3 Å². The van der Waals surface area contributed by atoms with Gasteiger partial charge in [0.1, 0.15) is 5.60 Å². The molecule has 8 heteroatoms. The molecule has 1 N–H and O–H groups in total. The van der Waals surface area contributed by atoms with E-state index in [-0.39, 0.29) is 18.0 Å². The third-order valence-corrected chi connectivity index (χ3v) is 8.97. The van der Waals surface area contributed by atoms with Gasteiger partial charge in [0, 0.05) is 49.7 Å². The van der Waals surface area contributed by atoms with Crippen molar-refractivity contribution in [3.63, 3.8) is 0 Å². The van der Waals surface area contributed by atoms with E-state index < -0.39 is 5.60 Å². The van der Waals surface area contributed by atoms with Crippen molar-refractivity contribution in [1.29, 1.82) is 0 Å². The summed E-state index contributed by atoms with van der Waals surface area (Å²) >= 11 is 1.65. The number of aromatic nitrogens is 1. The van der Waals surface area contributed by atoms with Gasteiger partial charge in [-0.25, -0.2) is 9.78 Å². The van der Waals surface area contributed by atoms with Crippen LogP contribution in [0, 0.1) is 5.92 Å². The first-order valence-corrected chi connectivity index (χ1v) is 15.5. The van der Waals surface area contributed by atoms with Gasteiger partial charge in [0.25, 0.3) is 5.91 Å². The summed E-state index contributed by atoms with van der Waals surface area (Å²) in [5, 5.41) is 6.34. The predicted molar refractivity (Wildman–Crippen MR) is 162 cm³/mol. The molecule has 5 rings (SSSR count). The Kier molecular flexibility index (Phi) is 8.76. The van der Waals surface area contributed by atoms with Gasteiger partial charge in [-0.15, -0.1) is 11.3 Å². The largest absolute Gasteiger partial charge is 0.444 e. The molecule has 2 aliphatic rings. The minimum atomic E-state index is -0.516. The van der Waals surface area contributed by atoms with Gasteiger partial charge in [-0.2, -0.15) is 0 Å². The average molecular weight is 563 g/mol. The molecule has 0 radical (unpaired) electrons. The molecule has 1 aliphatic heterocycles.